The van der Waals surface area contributed by atoms with Crippen LogP contribution in [0.25, 0.3) is 0 Å². The van der Waals surface area contributed by atoms with Gasteiger partial charge in [0.15, 0.2) is 0 Å². The molecule has 0 aliphatic carbocycles. The van der Waals surface area contributed by atoms with Crippen molar-refractivity contribution in [1.29, 1.82) is 0 Å². The van der Waals surface area contributed by atoms with Gasteiger partial charge in [-0.15, -0.1) is 0 Å². The van der Waals surface area contributed by atoms with Gasteiger partial charge in [-0.2, -0.15) is 13.2 Å². The molecule has 0 fully saturated rings. The third-order valence-corrected chi connectivity index (χ3v) is 4.04. The summed E-state index contributed by atoms with van der Waals surface area (Å²) in [5, 5.41) is 9.19. The molecule has 0 saturated carbocycles. The lowest BCUT2D eigenvalue weighted by atomic mass is 9.87. The highest BCUT2D eigenvalue weighted by atomic mass is 19.4. The number of halogens is 3. The minimum Gasteiger partial charge on any atom is -0.494 e. The number of aliphatic carboxylic acids is 1. The molecule has 0 aliphatic heterocycles. The zero-order chi connectivity index (χ0) is 19.2. The van der Waals surface area contributed by atoms with Crippen LogP contribution in [0.2, 0.25) is 0 Å². The van der Waals surface area contributed by atoms with Crippen molar-refractivity contribution >= 4 is 5.97 Å². The van der Waals surface area contributed by atoms with Gasteiger partial charge in [-0.05, 0) is 35.7 Å². The molecule has 0 bridgehead atoms. The van der Waals surface area contributed by atoms with Crippen LogP contribution in [0.3, 0.4) is 0 Å². The second-order valence-electron chi connectivity index (χ2n) is 6.04. The van der Waals surface area contributed by atoms with E-state index in [1.54, 1.807) is 24.3 Å². The topological polar surface area (TPSA) is 46.5 Å². The molecule has 2 rings (SSSR count). The zero-order valence-electron chi connectivity index (χ0n) is 14.4. The maximum Gasteiger partial charge on any atom is 0.416 e. The lowest BCUT2D eigenvalue weighted by Crippen LogP contribution is -2.11. The summed E-state index contributed by atoms with van der Waals surface area (Å²) in [4.78, 5) is 11.2. The van der Waals surface area contributed by atoms with Crippen LogP contribution in [0.5, 0.6) is 5.75 Å². The van der Waals surface area contributed by atoms with Gasteiger partial charge in [0.1, 0.15) is 5.75 Å². The van der Waals surface area contributed by atoms with Gasteiger partial charge in [0, 0.05) is 5.92 Å². The normalized spacial score (nSPS) is 12.6. The van der Waals surface area contributed by atoms with Crippen LogP contribution in [0, 0.1) is 0 Å². The van der Waals surface area contributed by atoms with Crippen LogP contribution in [0.1, 0.15) is 48.8 Å². The quantitative estimate of drug-likeness (QED) is 0.628. The minimum absolute atomic E-state index is 0.294. The van der Waals surface area contributed by atoms with Crippen LogP contribution < -0.4 is 4.74 Å². The molecule has 1 N–H and O–H groups in total. The first-order valence-electron chi connectivity index (χ1n) is 8.43. The predicted octanol–water partition coefficient (Wildman–Crippen LogP) is 5.49. The minimum atomic E-state index is -4.47. The maximum absolute atomic E-state index is 13.0. The summed E-state index contributed by atoms with van der Waals surface area (Å²) < 4.78 is 44.5. The van der Waals surface area contributed by atoms with Gasteiger partial charge >= 0.3 is 12.1 Å². The predicted molar refractivity (Wildman–Crippen MR) is 92.4 cm³/mol. The van der Waals surface area contributed by atoms with Gasteiger partial charge in [-0.1, -0.05) is 43.7 Å². The lowest BCUT2D eigenvalue weighted by molar-refractivity contribution is -0.138. The summed E-state index contributed by atoms with van der Waals surface area (Å²) in [6.45, 7) is 2.64. The number of benzene rings is 2. The van der Waals surface area contributed by atoms with Crippen LogP contribution in [-0.4, -0.2) is 17.7 Å². The molecular formula is C20H21F3O3. The Bertz CT molecular complexity index is 724. The number of hydrogen-bond donors (Lipinski definition) is 1. The molecule has 0 radical (unpaired) electrons. The molecule has 2 aromatic rings. The second-order valence-corrected chi connectivity index (χ2v) is 6.04. The molecule has 1 unspecified atom stereocenters. The monoisotopic (exact) mass is 366 g/mol. The third kappa shape index (κ3) is 5.51. The first-order valence-corrected chi connectivity index (χ1v) is 8.43. The molecule has 0 aliphatic rings. The van der Waals surface area contributed by atoms with Crippen molar-refractivity contribution in [2.45, 2.75) is 38.3 Å². The molecule has 6 heteroatoms. The zero-order valence-corrected chi connectivity index (χ0v) is 14.4. The van der Waals surface area contributed by atoms with Crippen molar-refractivity contribution < 1.29 is 27.8 Å². The highest BCUT2D eigenvalue weighted by Gasteiger charge is 2.31. The summed E-state index contributed by atoms with van der Waals surface area (Å²) in [6.07, 6.45) is -2.83. The highest BCUT2D eigenvalue weighted by Crippen LogP contribution is 2.34. The fraction of sp³-hybridized carbons (Fsp3) is 0.350. The van der Waals surface area contributed by atoms with E-state index in [1.807, 2.05) is 0 Å². The van der Waals surface area contributed by atoms with Gasteiger partial charge in [0.2, 0.25) is 0 Å². The van der Waals surface area contributed by atoms with E-state index in [1.165, 1.54) is 12.1 Å². The molecule has 0 aromatic heterocycles. The van der Waals surface area contributed by atoms with Gasteiger partial charge < -0.3 is 9.84 Å². The summed E-state index contributed by atoms with van der Waals surface area (Å²) in [7, 11) is 0. The molecule has 26 heavy (non-hydrogen) atoms. The lowest BCUT2D eigenvalue weighted by Gasteiger charge is -2.18. The molecule has 0 saturated heterocycles. The summed E-state index contributed by atoms with van der Waals surface area (Å²) in [5.74, 6) is -1.09. The third-order valence-electron chi connectivity index (χ3n) is 4.04. The molecular weight excluding hydrogens is 345 g/mol. The molecule has 140 valence electrons. The van der Waals surface area contributed by atoms with Crippen molar-refractivity contribution in [3.63, 3.8) is 0 Å². The number of alkyl halides is 3. The van der Waals surface area contributed by atoms with E-state index in [0.29, 0.717) is 23.5 Å². The van der Waals surface area contributed by atoms with Crippen molar-refractivity contribution in [3.8, 4) is 5.75 Å². The Hall–Kier alpha value is -2.50. The fourth-order valence-electron chi connectivity index (χ4n) is 2.67. The standard InChI is InChI=1S/C20H21F3O3/c1-2-3-11-26-17-9-7-14(8-10-17)18(13-19(24)25)15-5-4-6-16(12-15)20(21,22)23/h4-10,12,18H,2-3,11,13H2,1H3,(H,24,25). The van der Waals surface area contributed by atoms with Gasteiger partial charge in [0.25, 0.3) is 0 Å². The fourth-order valence-corrected chi connectivity index (χ4v) is 2.67. The number of carboxylic acid groups (broad SMARTS) is 1. The molecule has 0 heterocycles. The molecule has 3 nitrogen and oxygen atoms in total. The number of carboxylic acids is 1. The number of unbranched alkanes of at least 4 members (excludes halogenated alkanes) is 1. The van der Waals surface area contributed by atoms with Crippen LogP contribution >= 0.6 is 0 Å². The van der Waals surface area contributed by atoms with Crippen molar-refractivity contribution in [2.75, 3.05) is 6.61 Å². The number of carbonyl (C=O) groups is 1. The molecule has 1 atom stereocenters. The van der Waals surface area contributed by atoms with E-state index < -0.39 is 23.6 Å². The Morgan fingerprint density at radius 3 is 2.38 bits per heavy atom. The van der Waals surface area contributed by atoms with E-state index in [4.69, 9.17) is 4.74 Å². The Morgan fingerprint density at radius 1 is 1.12 bits per heavy atom. The summed E-state index contributed by atoms with van der Waals surface area (Å²) >= 11 is 0. The number of ether oxygens (including phenoxy) is 1. The Labute approximate surface area is 150 Å². The second kappa shape index (κ2) is 8.74. The van der Waals surface area contributed by atoms with E-state index in [9.17, 15) is 23.1 Å². The highest BCUT2D eigenvalue weighted by molar-refractivity contribution is 5.69. The first kappa shape index (κ1) is 19.8. The largest absolute Gasteiger partial charge is 0.494 e. The SMILES string of the molecule is CCCCOc1ccc(C(CC(=O)O)c2cccc(C(F)(F)F)c2)cc1. The number of rotatable bonds is 8. The van der Waals surface area contributed by atoms with Crippen molar-refractivity contribution in [3.05, 3.63) is 65.2 Å². The number of hydrogen-bond acceptors (Lipinski definition) is 2. The summed E-state index contributed by atoms with van der Waals surface area (Å²) in [5.41, 5.74) is 0.168. The van der Waals surface area contributed by atoms with Gasteiger partial charge in [-0.25, -0.2) is 0 Å². The summed E-state index contributed by atoms with van der Waals surface area (Å²) in [6, 6.07) is 11.7. The Morgan fingerprint density at radius 2 is 1.81 bits per heavy atom. The average molecular weight is 366 g/mol. The van der Waals surface area contributed by atoms with Crippen LogP contribution in [0.4, 0.5) is 13.2 Å². The smallest absolute Gasteiger partial charge is 0.416 e. The van der Waals surface area contributed by atoms with Crippen LogP contribution in [-0.2, 0) is 11.0 Å². The Balaban J connectivity index is 2.29. The van der Waals surface area contributed by atoms with Crippen LogP contribution in [0.15, 0.2) is 48.5 Å². The van der Waals surface area contributed by atoms with Gasteiger partial charge in [-0.3, -0.25) is 4.79 Å². The van der Waals surface area contributed by atoms with E-state index in [-0.39, 0.29) is 6.42 Å². The molecule has 0 amide bonds. The van der Waals surface area contributed by atoms with Gasteiger partial charge in [0.05, 0.1) is 18.6 Å². The average Bonchev–Trinajstić information content (AvgIpc) is 2.60. The molecule has 0 spiro atoms. The van der Waals surface area contributed by atoms with E-state index >= 15 is 0 Å². The maximum atomic E-state index is 13.0. The first-order chi connectivity index (χ1) is 12.3. The van der Waals surface area contributed by atoms with Crippen molar-refractivity contribution in [2.24, 2.45) is 0 Å². The van der Waals surface area contributed by atoms with Crippen molar-refractivity contribution in [1.82, 2.24) is 0 Å². The van der Waals surface area contributed by atoms with E-state index in [0.717, 1.165) is 25.0 Å². The Kier molecular flexibility index (Phi) is 6.66. The molecule has 2 aromatic carbocycles. The van der Waals surface area contributed by atoms with E-state index in [2.05, 4.69) is 6.92 Å².